The fourth-order valence-electron chi connectivity index (χ4n) is 1.77. The first-order valence-corrected chi connectivity index (χ1v) is 6.29. The van der Waals surface area contributed by atoms with Gasteiger partial charge in [-0.15, -0.1) is 0 Å². The minimum atomic E-state index is -0.718. The van der Waals surface area contributed by atoms with Crippen molar-refractivity contribution in [1.82, 2.24) is 20.3 Å². The van der Waals surface area contributed by atoms with E-state index in [1.54, 1.807) is 12.3 Å². The number of urea groups is 1. The van der Waals surface area contributed by atoms with Crippen LogP contribution in [0.1, 0.15) is 30.9 Å². The predicted molar refractivity (Wildman–Crippen MR) is 72.7 cm³/mol. The van der Waals surface area contributed by atoms with Crippen LogP contribution in [-0.4, -0.2) is 21.0 Å². The van der Waals surface area contributed by atoms with Crippen LogP contribution in [0.2, 0.25) is 0 Å². The van der Waals surface area contributed by atoms with Crippen molar-refractivity contribution in [3.63, 3.8) is 0 Å². The number of pyridine rings is 1. The molecule has 2 amide bonds. The summed E-state index contributed by atoms with van der Waals surface area (Å²) in [5, 5.41) is 5.16. The van der Waals surface area contributed by atoms with E-state index in [1.165, 1.54) is 12.3 Å². The van der Waals surface area contributed by atoms with E-state index in [0.717, 1.165) is 5.69 Å². The van der Waals surface area contributed by atoms with E-state index in [2.05, 4.69) is 25.6 Å². The molecule has 106 valence electrons. The van der Waals surface area contributed by atoms with Gasteiger partial charge in [-0.25, -0.2) is 14.8 Å². The highest BCUT2D eigenvalue weighted by atomic mass is 19.1. The normalized spacial score (nSPS) is 11.9. The second-order valence-corrected chi connectivity index (χ2v) is 4.35. The monoisotopic (exact) mass is 277 g/mol. The van der Waals surface area contributed by atoms with Crippen LogP contribution in [0.25, 0.3) is 0 Å². The molecule has 0 aliphatic rings. The molecule has 0 spiro atoms. The Morgan fingerprint density at radius 2 is 2.30 bits per heavy atom. The topological polar surface area (TPSA) is 82.7 Å². The molecule has 2 aromatic rings. The molecular weight excluding hydrogens is 261 g/mol. The molecule has 0 radical (unpaired) electrons. The first-order chi connectivity index (χ1) is 9.60. The van der Waals surface area contributed by atoms with Gasteiger partial charge in [0.05, 0.1) is 11.7 Å². The van der Waals surface area contributed by atoms with Gasteiger partial charge in [0, 0.05) is 18.1 Å². The van der Waals surface area contributed by atoms with Crippen LogP contribution in [0, 0.1) is 12.9 Å². The maximum Gasteiger partial charge on any atom is 0.319 e. The van der Waals surface area contributed by atoms with Gasteiger partial charge in [-0.3, -0.25) is 0 Å². The first kappa shape index (κ1) is 14.0. The number of imidazole rings is 1. The lowest BCUT2D eigenvalue weighted by Gasteiger charge is -2.15. The molecule has 0 saturated heterocycles. The van der Waals surface area contributed by atoms with Gasteiger partial charge in [0.25, 0.3) is 0 Å². The Hall–Kier alpha value is -2.44. The second kappa shape index (κ2) is 6.14. The fourth-order valence-corrected chi connectivity index (χ4v) is 1.77. The fraction of sp³-hybridized carbons (Fsp3) is 0.308. The molecule has 7 heteroatoms. The predicted octanol–water partition coefficient (Wildman–Crippen LogP) is 2.53. The van der Waals surface area contributed by atoms with Crippen molar-refractivity contribution in [2.75, 3.05) is 5.32 Å². The Labute approximate surface area is 115 Å². The van der Waals surface area contributed by atoms with E-state index in [0.29, 0.717) is 12.2 Å². The maximum absolute atomic E-state index is 13.3. The maximum atomic E-state index is 13.3. The molecule has 0 aliphatic carbocycles. The minimum Gasteiger partial charge on any atom is -0.344 e. The van der Waals surface area contributed by atoms with Crippen molar-refractivity contribution in [2.45, 2.75) is 26.3 Å². The summed E-state index contributed by atoms with van der Waals surface area (Å²) in [6, 6.07) is 2.23. The van der Waals surface area contributed by atoms with E-state index in [1.807, 2.05) is 13.8 Å². The van der Waals surface area contributed by atoms with Gasteiger partial charge in [0.15, 0.2) is 0 Å². The number of hydrogen-bond donors (Lipinski definition) is 3. The number of nitrogens with zero attached hydrogens (tertiary/aromatic N) is 2. The van der Waals surface area contributed by atoms with Crippen LogP contribution in [0.15, 0.2) is 24.5 Å². The number of aromatic nitrogens is 3. The van der Waals surface area contributed by atoms with Gasteiger partial charge >= 0.3 is 6.03 Å². The molecule has 3 N–H and O–H groups in total. The molecule has 0 fully saturated rings. The zero-order valence-electron chi connectivity index (χ0n) is 11.3. The highest BCUT2D eigenvalue weighted by Gasteiger charge is 2.16. The summed E-state index contributed by atoms with van der Waals surface area (Å²) >= 11 is 0. The molecule has 0 saturated carbocycles. The van der Waals surface area contributed by atoms with Crippen molar-refractivity contribution in [3.05, 3.63) is 42.0 Å². The zero-order chi connectivity index (χ0) is 14.5. The van der Waals surface area contributed by atoms with Crippen molar-refractivity contribution in [2.24, 2.45) is 0 Å². The van der Waals surface area contributed by atoms with Gasteiger partial charge < -0.3 is 15.6 Å². The van der Waals surface area contributed by atoms with Crippen LogP contribution >= 0.6 is 0 Å². The quantitative estimate of drug-likeness (QED) is 0.751. The lowest BCUT2D eigenvalue weighted by Crippen LogP contribution is -2.33. The first-order valence-electron chi connectivity index (χ1n) is 6.29. The average Bonchev–Trinajstić information content (AvgIpc) is 2.85. The number of amides is 2. The molecule has 6 nitrogen and oxygen atoms in total. The number of rotatable bonds is 4. The zero-order valence-corrected chi connectivity index (χ0v) is 11.3. The van der Waals surface area contributed by atoms with Gasteiger partial charge in [0.1, 0.15) is 5.82 Å². The minimum absolute atomic E-state index is 0.0375. The van der Waals surface area contributed by atoms with E-state index >= 15 is 0 Å². The Bertz CT molecular complexity index is 598. The van der Waals surface area contributed by atoms with Crippen LogP contribution < -0.4 is 10.6 Å². The number of anilines is 1. The van der Waals surface area contributed by atoms with Crippen molar-refractivity contribution >= 4 is 11.7 Å². The smallest absolute Gasteiger partial charge is 0.319 e. The van der Waals surface area contributed by atoms with E-state index in [9.17, 15) is 9.18 Å². The Balaban J connectivity index is 2.01. The molecule has 0 unspecified atom stereocenters. The average molecular weight is 277 g/mol. The lowest BCUT2D eigenvalue weighted by atomic mass is 10.2. The van der Waals surface area contributed by atoms with E-state index in [4.69, 9.17) is 0 Å². The van der Waals surface area contributed by atoms with Crippen LogP contribution in [0.4, 0.5) is 14.9 Å². The number of H-pyrrole nitrogens is 1. The summed E-state index contributed by atoms with van der Waals surface area (Å²) in [5.74, 6) is -0.0450. The number of aryl methyl sites for hydroxylation is 1. The molecule has 0 aromatic carbocycles. The third-order valence-corrected chi connectivity index (χ3v) is 2.77. The standard InChI is InChI=1S/C13H16FN5O/c1-3-9(12-16-7-8(2)17-12)18-13(20)19-10-5-4-6-15-11(10)14/h4-7,9H,3H2,1-2H3,(H,16,17)(H2,18,19,20)/t9-/m1/s1. The molecule has 1 atom stereocenters. The lowest BCUT2D eigenvalue weighted by molar-refractivity contribution is 0.247. The molecular formula is C13H16FN5O. The highest BCUT2D eigenvalue weighted by Crippen LogP contribution is 2.14. The molecule has 0 aliphatic heterocycles. The van der Waals surface area contributed by atoms with Gasteiger partial charge in [-0.2, -0.15) is 4.39 Å². The number of hydrogen-bond acceptors (Lipinski definition) is 3. The molecule has 2 heterocycles. The Kier molecular flexibility index (Phi) is 4.29. The summed E-state index contributed by atoms with van der Waals surface area (Å²) < 4.78 is 13.3. The van der Waals surface area contributed by atoms with Crippen LogP contribution in [0.3, 0.4) is 0 Å². The SMILES string of the molecule is CC[C@@H](NC(=O)Nc1cccnc1F)c1ncc(C)[nH]1. The second-order valence-electron chi connectivity index (χ2n) is 4.35. The Morgan fingerprint density at radius 1 is 1.50 bits per heavy atom. The van der Waals surface area contributed by atoms with Crippen LogP contribution in [0.5, 0.6) is 0 Å². The molecule has 2 rings (SSSR count). The number of carbonyl (C=O) groups excluding carboxylic acids is 1. The molecule has 0 bridgehead atoms. The number of carbonyl (C=O) groups is 1. The van der Waals surface area contributed by atoms with E-state index < -0.39 is 12.0 Å². The van der Waals surface area contributed by atoms with Crippen molar-refractivity contribution < 1.29 is 9.18 Å². The number of aromatic amines is 1. The number of nitrogens with one attached hydrogen (secondary N) is 3. The van der Waals surface area contributed by atoms with Gasteiger partial charge in [0.2, 0.25) is 5.95 Å². The third kappa shape index (κ3) is 3.31. The van der Waals surface area contributed by atoms with Crippen molar-refractivity contribution in [3.8, 4) is 0 Å². The summed E-state index contributed by atoms with van der Waals surface area (Å²) in [6.45, 7) is 3.81. The summed E-state index contributed by atoms with van der Waals surface area (Å²) in [6.07, 6.45) is 3.67. The van der Waals surface area contributed by atoms with Gasteiger partial charge in [-0.1, -0.05) is 6.92 Å². The van der Waals surface area contributed by atoms with Crippen LogP contribution in [-0.2, 0) is 0 Å². The van der Waals surface area contributed by atoms with Gasteiger partial charge in [-0.05, 0) is 25.5 Å². The van der Waals surface area contributed by atoms with E-state index in [-0.39, 0.29) is 11.7 Å². The highest BCUT2D eigenvalue weighted by molar-refractivity contribution is 5.89. The summed E-state index contributed by atoms with van der Waals surface area (Å²) in [7, 11) is 0. The summed E-state index contributed by atoms with van der Waals surface area (Å²) in [5.41, 5.74) is 0.953. The third-order valence-electron chi connectivity index (χ3n) is 2.77. The largest absolute Gasteiger partial charge is 0.344 e. The molecule has 2 aromatic heterocycles. The molecule has 20 heavy (non-hydrogen) atoms. The number of halogens is 1. The summed E-state index contributed by atoms with van der Waals surface area (Å²) in [4.78, 5) is 22.6. The van der Waals surface area contributed by atoms with Crippen molar-refractivity contribution in [1.29, 1.82) is 0 Å². The Morgan fingerprint density at radius 3 is 2.90 bits per heavy atom.